The van der Waals surface area contributed by atoms with E-state index in [4.69, 9.17) is 10.9 Å². The Hall–Kier alpha value is -1.26. The first-order valence-electron chi connectivity index (χ1n) is 6.88. The summed E-state index contributed by atoms with van der Waals surface area (Å²) in [4.78, 5) is 11.5. The number of nitrogens with one attached hydrogen (secondary N) is 1. The van der Waals surface area contributed by atoms with Crippen LogP contribution in [0, 0.1) is 0 Å². The Balaban J connectivity index is 3.48. The van der Waals surface area contributed by atoms with Crippen LogP contribution in [0.4, 0.5) is 0 Å². The lowest BCUT2D eigenvalue weighted by atomic mass is 10.1. The van der Waals surface area contributed by atoms with Crippen LogP contribution >= 0.6 is 0 Å². The molecule has 0 rings (SSSR count). The van der Waals surface area contributed by atoms with Crippen molar-refractivity contribution in [2.45, 2.75) is 71.3 Å². The first kappa shape index (κ1) is 16.7. The van der Waals surface area contributed by atoms with Crippen molar-refractivity contribution in [3.8, 4) is 0 Å². The van der Waals surface area contributed by atoms with Crippen LogP contribution in [0.5, 0.6) is 0 Å². The molecule has 0 saturated heterocycles. The molecule has 0 radical (unpaired) electrons. The van der Waals surface area contributed by atoms with E-state index >= 15 is 0 Å². The van der Waals surface area contributed by atoms with Gasteiger partial charge in [-0.2, -0.15) is 0 Å². The lowest BCUT2D eigenvalue weighted by Crippen LogP contribution is -2.42. The Kier molecular flexibility index (Phi) is 10.1. The fourth-order valence-corrected chi connectivity index (χ4v) is 1.72. The van der Waals surface area contributed by atoms with Gasteiger partial charge in [-0.25, -0.2) is 0 Å². The van der Waals surface area contributed by atoms with Gasteiger partial charge in [0.15, 0.2) is 5.84 Å². The molecule has 106 valence electrons. The maximum absolute atomic E-state index is 11.5. The molecular weight excluding hydrogens is 230 g/mol. The molecule has 1 unspecified atom stereocenters. The van der Waals surface area contributed by atoms with Crippen molar-refractivity contribution in [2.24, 2.45) is 10.9 Å². The number of carbonyl (C=O) groups excluding carboxylic acids is 1. The van der Waals surface area contributed by atoms with Crippen molar-refractivity contribution in [1.29, 1.82) is 0 Å². The van der Waals surface area contributed by atoms with E-state index in [1.54, 1.807) is 6.92 Å². The molecule has 0 aliphatic heterocycles. The zero-order chi connectivity index (χ0) is 13.8. The molecule has 0 aliphatic rings. The highest BCUT2D eigenvalue weighted by molar-refractivity contribution is 5.89. The van der Waals surface area contributed by atoms with Crippen molar-refractivity contribution in [1.82, 2.24) is 5.32 Å². The highest BCUT2D eigenvalue weighted by atomic mass is 16.4. The van der Waals surface area contributed by atoms with Gasteiger partial charge in [-0.1, -0.05) is 50.6 Å². The Labute approximate surface area is 110 Å². The Bertz CT molecular complexity index is 255. The van der Waals surface area contributed by atoms with Gasteiger partial charge in [-0.05, 0) is 13.3 Å². The smallest absolute Gasteiger partial charge is 0.220 e. The molecule has 5 nitrogen and oxygen atoms in total. The van der Waals surface area contributed by atoms with E-state index in [1.165, 1.54) is 32.1 Å². The highest BCUT2D eigenvalue weighted by Crippen LogP contribution is 2.08. The standard InChI is InChI=1S/C13H27N3O2/c1-3-4-5-6-7-8-9-10-12(17)15-11(2)13(14)16-18/h11,18H,3-10H2,1-2H3,(H2,14,16)(H,15,17). The van der Waals surface area contributed by atoms with Gasteiger partial charge < -0.3 is 16.3 Å². The third kappa shape index (κ3) is 8.84. The molecule has 0 spiro atoms. The fourth-order valence-electron chi connectivity index (χ4n) is 1.72. The Morgan fingerprint density at radius 3 is 2.33 bits per heavy atom. The molecule has 0 aromatic carbocycles. The first-order valence-corrected chi connectivity index (χ1v) is 6.88. The average Bonchev–Trinajstić information content (AvgIpc) is 2.36. The van der Waals surface area contributed by atoms with Crippen molar-refractivity contribution in [3.63, 3.8) is 0 Å². The summed E-state index contributed by atoms with van der Waals surface area (Å²) in [7, 11) is 0. The minimum Gasteiger partial charge on any atom is -0.409 e. The Morgan fingerprint density at radius 2 is 1.78 bits per heavy atom. The van der Waals surface area contributed by atoms with Gasteiger partial charge >= 0.3 is 0 Å². The van der Waals surface area contributed by atoms with E-state index in [2.05, 4.69) is 17.4 Å². The summed E-state index contributed by atoms with van der Waals surface area (Å²) in [5.74, 6) is -0.00873. The van der Waals surface area contributed by atoms with E-state index in [9.17, 15) is 4.79 Å². The van der Waals surface area contributed by atoms with Gasteiger partial charge in [0.1, 0.15) is 0 Å². The summed E-state index contributed by atoms with van der Waals surface area (Å²) in [5, 5.41) is 14.0. The largest absolute Gasteiger partial charge is 0.409 e. The monoisotopic (exact) mass is 257 g/mol. The maximum Gasteiger partial charge on any atom is 0.220 e. The minimum absolute atomic E-state index is 0.0305. The van der Waals surface area contributed by atoms with Gasteiger partial charge in [-0.3, -0.25) is 4.79 Å². The number of unbranched alkanes of at least 4 members (excludes halogenated alkanes) is 6. The summed E-state index contributed by atoms with van der Waals surface area (Å²) in [6.07, 6.45) is 8.82. The van der Waals surface area contributed by atoms with E-state index in [0.29, 0.717) is 6.42 Å². The molecule has 0 saturated carbocycles. The molecule has 5 heteroatoms. The lowest BCUT2D eigenvalue weighted by Gasteiger charge is -2.11. The van der Waals surface area contributed by atoms with E-state index < -0.39 is 6.04 Å². The van der Waals surface area contributed by atoms with Crippen molar-refractivity contribution < 1.29 is 10.0 Å². The number of carbonyl (C=O) groups is 1. The average molecular weight is 257 g/mol. The van der Waals surface area contributed by atoms with Gasteiger partial charge in [0.2, 0.25) is 5.91 Å². The number of amidine groups is 1. The SMILES string of the molecule is CCCCCCCCCC(=O)NC(C)C(N)=NO. The number of hydrogen-bond donors (Lipinski definition) is 3. The third-order valence-corrected chi connectivity index (χ3v) is 2.94. The van der Waals surface area contributed by atoms with Crippen LogP contribution in [-0.2, 0) is 4.79 Å². The second kappa shape index (κ2) is 10.9. The number of nitrogens with two attached hydrogens (primary N) is 1. The van der Waals surface area contributed by atoms with Crippen LogP contribution in [0.15, 0.2) is 5.16 Å². The predicted molar refractivity (Wildman–Crippen MR) is 73.6 cm³/mol. The zero-order valence-electron chi connectivity index (χ0n) is 11.6. The van der Waals surface area contributed by atoms with E-state index in [0.717, 1.165) is 12.8 Å². The number of rotatable bonds is 10. The summed E-state index contributed by atoms with van der Waals surface area (Å²) in [6.45, 7) is 3.89. The highest BCUT2D eigenvalue weighted by Gasteiger charge is 2.10. The van der Waals surface area contributed by atoms with Crippen molar-refractivity contribution in [3.05, 3.63) is 0 Å². The van der Waals surface area contributed by atoms with Gasteiger partial charge in [0.05, 0.1) is 6.04 Å². The van der Waals surface area contributed by atoms with Crippen LogP contribution in [-0.4, -0.2) is 23.0 Å². The lowest BCUT2D eigenvalue weighted by molar-refractivity contribution is -0.121. The quantitative estimate of drug-likeness (QED) is 0.184. The third-order valence-electron chi connectivity index (χ3n) is 2.94. The van der Waals surface area contributed by atoms with Crippen molar-refractivity contribution >= 4 is 11.7 Å². The molecule has 0 fully saturated rings. The maximum atomic E-state index is 11.5. The number of hydrogen-bond acceptors (Lipinski definition) is 3. The van der Waals surface area contributed by atoms with Gasteiger partial charge in [0.25, 0.3) is 0 Å². The molecule has 0 heterocycles. The van der Waals surface area contributed by atoms with Gasteiger partial charge in [-0.15, -0.1) is 0 Å². The number of nitrogens with zero attached hydrogens (tertiary/aromatic N) is 1. The van der Waals surface area contributed by atoms with E-state index in [-0.39, 0.29) is 11.7 Å². The second-order valence-corrected chi connectivity index (χ2v) is 4.69. The second-order valence-electron chi connectivity index (χ2n) is 4.69. The van der Waals surface area contributed by atoms with Crippen LogP contribution in [0.25, 0.3) is 0 Å². The molecule has 0 aromatic heterocycles. The minimum atomic E-state index is -0.410. The van der Waals surface area contributed by atoms with Crippen LogP contribution in [0.1, 0.15) is 65.2 Å². The summed E-state index contributed by atoms with van der Waals surface area (Å²) in [6, 6.07) is -0.410. The Morgan fingerprint density at radius 1 is 1.22 bits per heavy atom. The van der Waals surface area contributed by atoms with Gasteiger partial charge in [0, 0.05) is 6.42 Å². The van der Waals surface area contributed by atoms with E-state index in [1.807, 2.05) is 0 Å². The predicted octanol–water partition coefficient (Wildman–Crippen LogP) is 2.38. The van der Waals surface area contributed by atoms with Crippen LogP contribution in [0.3, 0.4) is 0 Å². The zero-order valence-corrected chi connectivity index (χ0v) is 11.6. The molecule has 0 aromatic rings. The van der Waals surface area contributed by atoms with Crippen LogP contribution in [0.2, 0.25) is 0 Å². The number of amides is 1. The normalized spacial score (nSPS) is 13.3. The summed E-state index contributed by atoms with van der Waals surface area (Å²) >= 11 is 0. The molecule has 4 N–H and O–H groups in total. The molecule has 1 atom stereocenters. The molecule has 0 bridgehead atoms. The fraction of sp³-hybridized carbons (Fsp3) is 0.846. The topological polar surface area (TPSA) is 87.7 Å². The molecule has 1 amide bonds. The number of oxime groups is 1. The summed E-state index contributed by atoms with van der Waals surface area (Å²) in [5.41, 5.74) is 5.37. The van der Waals surface area contributed by atoms with Crippen molar-refractivity contribution in [2.75, 3.05) is 0 Å². The first-order chi connectivity index (χ1) is 8.61. The summed E-state index contributed by atoms with van der Waals surface area (Å²) < 4.78 is 0. The van der Waals surface area contributed by atoms with Crippen LogP contribution < -0.4 is 11.1 Å². The molecule has 0 aliphatic carbocycles. The molecule has 18 heavy (non-hydrogen) atoms. The molecular formula is C13H27N3O2.